The molecule has 17 heavy (non-hydrogen) atoms. The number of aliphatic hydroxyl groups is 1. The maximum absolute atomic E-state index is 9.39. The predicted octanol–water partition coefficient (Wildman–Crippen LogP) is -0.360. The zero-order valence-electron chi connectivity index (χ0n) is 10.5. The molecule has 0 aromatic carbocycles. The largest absolute Gasteiger partial charge is 0.409 e. The highest BCUT2D eigenvalue weighted by Gasteiger charge is 2.20. The fourth-order valence-corrected chi connectivity index (χ4v) is 1.92. The van der Waals surface area contributed by atoms with Crippen LogP contribution in [-0.2, 0) is 7.05 Å². The van der Waals surface area contributed by atoms with Crippen LogP contribution >= 0.6 is 0 Å². The Balaban J connectivity index is 3.22. The van der Waals surface area contributed by atoms with Gasteiger partial charge in [0.05, 0.1) is 17.4 Å². The maximum Gasteiger partial charge on any atom is 0.175 e. The van der Waals surface area contributed by atoms with E-state index in [0.29, 0.717) is 23.6 Å². The second-order valence-electron chi connectivity index (χ2n) is 4.12. The summed E-state index contributed by atoms with van der Waals surface area (Å²) in [5, 5.41) is 25.4. The Hall–Kier alpha value is -1.76. The summed E-state index contributed by atoms with van der Waals surface area (Å²) < 4.78 is 1.64. The zero-order valence-corrected chi connectivity index (χ0v) is 10.5. The van der Waals surface area contributed by atoms with Crippen molar-refractivity contribution in [3.8, 4) is 0 Å². The van der Waals surface area contributed by atoms with Crippen molar-refractivity contribution in [1.82, 2.24) is 9.78 Å². The normalized spacial score (nSPS) is 13.8. The van der Waals surface area contributed by atoms with Crippen molar-refractivity contribution in [2.24, 2.45) is 17.9 Å². The molecule has 0 saturated heterocycles. The number of anilines is 1. The molecule has 0 radical (unpaired) electrons. The molecule has 0 aliphatic carbocycles. The number of oxime groups is 1. The number of aliphatic hydroxyl groups excluding tert-OH is 1. The van der Waals surface area contributed by atoms with Crippen LogP contribution in [0.4, 0.5) is 5.82 Å². The summed E-state index contributed by atoms with van der Waals surface area (Å²) in [6, 6.07) is 0. The molecule has 1 aromatic rings. The molecular formula is C10H19N5O2. The lowest BCUT2D eigenvalue weighted by Gasteiger charge is -2.22. The van der Waals surface area contributed by atoms with Crippen LogP contribution in [0, 0.1) is 6.92 Å². The molecule has 0 amide bonds. The van der Waals surface area contributed by atoms with E-state index in [1.54, 1.807) is 25.6 Å². The van der Waals surface area contributed by atoms with Gasteiger partial charge < -0.3 is 20.9 Å². The molecule has 0 aliphatic rings. The van der Waals surface area contributed by atoms with Gasteiger partial charge in [0.15, 0.2) is 5.84 Å². The minimum absolute atomic E-state index is 0.0167. The Morgan fingerprint density at radius 1 is 1.65 bits per heavy atom. The highest BCUT2D eigenvalue weighted by atomic mass is 16.4. The molecule has 1 rings (SSSR count). The Morgan fingerprint density at radius 3 is 2.71 bits per heavy atom. The number of aromatic nitrogens is 2. The maximum atomic E-state index is 9.39. The average Bonchev–Trinajstić information content (AvgIpc) is 2.51. The van der Waals surface area contributed by atoms with Gasteiger partial charge in [-0.15, -0.1) is 0 Å². The molecule has 7 heteroatoms. The van der Waals surface area contributed by atoms with E-state index < -0.39 is 6.10 Å². The lowest BCUT2D eigenvalue weighted by atomic mass is 10.2. The molecule has 1 unspecified atom stereocenters. The van der Waals surface area contributed by atoms with Gasteiger partial charge in [0.1, 0.15) is 5.82 Å². The van der Waals surface area contributed by atoms with Gasteiger partial charge in [-0.25, -0.2) is 0 Å². The topological polar surface area (TPSA) is 99.9 Å². The van der Waals surface area contributed by atoms with Crippen LogP contribution in [0.3, 0.4) is 0 Å². The van der Waals surface area contributed by atoms with Crippen molar-refractivity contribution >= 4 is 11.7 Å². The van der Waals surface area contributed by atoms with Crippen molar-refractivity contribution in [2.75, 3.05) is 18.5 Å². The predicted molar refractivity (Wildman–Crippen MR) is 65.4 cm³/mol. The summed E-state index contributed by atoms with van der Waals surface area (Å²) in [6.07, 6.45) is -0.477. The van der Waals surface area contributed by atoms with Gasteiger partial charge >= 0.3 is 0 Å². The lowest BCUT2D eigenvalue weighted by molar-refractivity contribution is 0.201. The number of aryl methyl sites for hydroxylation is 2. The minimum atomic E-state index is -0.477. The summed E-state index contributed by atoms with van der Waals surface area (Å²) >= 11 is 0. The molecule has 7 nitrogen and oxygen atoms in total. The number of nitrogens with two attached hydrogens (primary N) is 1. The molecule has 0 spiro atoms. The first-order chi connectivity index (χ1) is 7.88. The third kappa shape index (κ3) is 2.68. The van der Waals surface area contributed by atoms with Gasteiger partial charge in [0.25, 0.3) is 0 Å². The Labute approximate surface area is 100 Å². The summed E-state index contributed by atoms with van der Waals surface area (Å²) in [4.78, 5) is 1.82. The van der Waals surface area contributed by atoms with E-state index in [0.717, 1.165) is 0 Å². The van der Waals surface area contributed by atoms with E-state index in [1.165, 1.54) is 0 Å². The highest BCUT2D eigenvalue weighted by molar-refractivity contribution is 6.02. The third-order valence-corrected chi connectivity index (χ3v) is 2.46. The Kier molecular flexibility index (Phi) is 3.95. The summed E-state index contributed by atoms with van der Waals surface area (Å²) in [7, 11) is 3.59. The standard InChI is InChI=1S/C10H19N5O2/c1-6(16)5-14(3)10-8(9(11)13-17)7(2)12-15(10)4/h6,16-17H,5H2,1-4H3,(H2,11,13). The van der Waals surface area contributed by atoms with Crippen molar-refractivity contribution in [3.05, 3.63) is 11.3 Å². The molecular weight excluding hydrogens is 222 g/mol. The van der Waals surface area contributed by atoms with E-state index in [9.17, 15) is 5.11 Å². The van der Waals surface area contributed by atoms with Crippen LogP contribution in [-0.4, -0.2) is 45.6 Å². The Morgan fingerprint density at radius 2 is 2.24 bits per heavy atom. The van der Waals surface area contributed by atoms with Gasteiger partial charge in [-0.1, -0.05) is 5.16 Å². The smallest absolute Gasteiger partial charge is 0.175 e. The Bertz CT molecular complexity index is 425. The molecule has 0 fully saturated rings. The fourth-order valence-electron chi connectivity index (χ4n) is 1.92. The first-order valence-corrected chi connectivity index (χ1v) is 5.29. The van der Waals surface area contributed by atoms with Crippen LogP contribution in [0.1, 0.15) is 18.2 Å². The monoisotopic (exact) mass is 241 g/mol. The van der Waals surface area contributed by atoms with E-state index in [2.05, 4.69) is 10.3 Å². The number of amidine groups is 1. The quantitative estimate of drug-likeness (QED) is 0.289. The molecule has 4 N–H and O–H groups in total. The number of nitrogens with zero attached hydrogens (tertiary/aromatic N) is 4. The van der Waals surface area contributed by atoms with Gasteiger partial charge in [-0.2, -0.15) is 5.10 Å². The second kappa shape index (κ2) is 5.05. The third-order valence-electron chi connectivity index (χ3n) is 2.46. The van der Waals surface area contributed by atoms with Crippen LogP contribution in [0.15, 0.2) is 5.16 Å². The van der Waals surface area contributed by atoms with E-state index in [4.69, 9.17) is 10.9 Å². The van der Waals surface area contributed by atoms with Gasteiger partial charge in [-0.05, 0) is 13.8 Å². The average molecular weight is 241 g/mol. The van der Waals surface area contributed by atoms with E-state index >= 15 is 0 Å². The van der Waals surface area contributed by atoms with Crippen LogP contribution < -0.4 is 10.6 Å². The minimum Gasteiger partial charge on any atom is -0.409 e. The van der Waals surface area contributed by atoms with Crippen molar-refractivity contribution in [1.29, 1.82) is 0 Å². The number of likely N-dealkylation sites (N-methyl/N-ethyl adjacent to an activating group) is 1. The number of hydrogen-bond donors (Lipinski definition) is 3. The SMILES string of the molecule is Cc1nn(C)c(N(C)CC(C)O)c1C(N)=NO. The van der Waals surface area contributed by atoms with Crippen LogP contribution in [0.5, 0.6) is 0 Å². The van der Waals surface area contributed by atoms with Crippen LogP contribution in [0.2, 0.25) is 0 Å². The van der Waals surface area contributed by atoms with Crippen molar-refractivity contribution in [3.63, 3.8) is 0 Å². The van der Waals surface area contributed by atoms with E-state index in [1.807, 2.05) is 11.9 Å². The van der Waals surface area contributed by atoms with Gasteiger partial charge in [0, 0.05) is 20.6 Å². The van der Waals surface area contributed by atoms with Gasteiger partial charge in [-0.3, -0.25) is 4.68 Å². The molecule has 1 atom stereocenters. The summed E-state index contributed by atoms with van der Waals surface area (Å²) in [5.41, 5.74) is 6.89. The molecule has 96 valence electrons. The van der Waals surface area contributed by atoms with Crippen molar-refractivity contribution in [2.45, 2.75) is 20.0 Å². The van der Waals surface area contributed by atoms with Crippen molar-refractivity contribution < 1.29 is 10.3 Å². The molecule has 0 bridgehead atoms. The molecule has 1 heterocycles. The second-order valence-corrected chi connectivity index (χ2v) is 4.12. The molecule has 0 saturated carbocycles. The summed E-state index contributed by atoms with van der Waals surface area (Å²) in [6.45, 7) is 3.92. The van der Waals surface area contributed by atoms with Gasteiger partial charge in [0.2, 0.25) is 0 Å². The highest BCUT2D eigenvalue weighted by Crippen LogP contribution is 2.22. The first kappa shape index (κ1) is 13.3. The van der Waals surface area contributed by atoms with Crippen LogP contribution in [0.25, 0.3) is 0 Å². The fraction of sp³-hybridized carbons (Fsp3) is 0.600. The number of rotatable bonds is 4. The first-order valence-electron chi connectivity index (χ1n) is 5.29. The summed E-state index contributed by atoms with van der Waals surface area (Å²) in [5.74, 6) is 0.724. The molecule has 1 aromatic heterocycles. The molecule has 0 aliphatic heterocycles. The number of hydrogen-bond acceptors (Lipinski definition) is 5. The lowest BCUT2D eigenvalue weighted by Crippen LogP contribution is -2.30. The van der Waals surface area contributed by atoms with E-state index in [-0.39, 0.29) is 5.84 Å². The zero-order chi connectivity index (χ0) is 13.2.